The van der Waals surface area contributed by atoms with E-state index in [0.717, 1.165) is 6.54 Å². The molecule has 2 heterocycles. The number of aromatic hydroxyl groups is 1. The van der Waals surface area contributed by atoms with E-state index >= 15 is 0 Å². The van der Waals surface area contributed by atoms with Gasteiger partial charge in [-0.15, -0.1) is 12.4 Å². The molecule has 1 aromatic carbocycles. The van der Waals surface area contributed by atoms with Crippen molar-refractivity contribution < 1.29 is 39.6 Å². The van der Waals surface area contributed by atoms with E-state index in [-0.39, 0.29) is 48.7 Å². The molecule has 33 heavy (non-hydrogen) atoms. The van der Waals surface area contributed by atoms with Crippen LogP contribution in [0.25, 0.3) is 5.69 Å². The molecule has 0 fully saturated rings. The SMILES string of the molecule is Cc1c([NH+]=Nc2cccc(N)c2)c(O)n(CCCN(C)C)c(=O)c1-[n+]1ccccc1.Cl.[Cl-].[Cl-]. The molecule has 0 saturated carbocycles. The summed E-state index contributed by atoms with van der Waals surface area (Å²) in [5.74, 6) is -0.135. The van der Waals surface area contributed by atoms with E-state index in [9.17, 15) is 9.90 Å². The van der Waals surface area contributed by atoms with Gasteiger partial charge in [-0.1, -0.05) is 17.2 Å². The van der Waals surface area contributed by atoms with Crippen LogP contribution in [0.3, 0.4) is 0 Å². The monoisotopic (exact) mass is 514 g/mol. The standard InChI is InChI=1S/C22H26N6O2.3ClH/c1-16-19(25-24-18-10-7-9-17(23)15-18)21(29)28(14-8-11-26(2)3)22(30)20(16)27-12-5-4-6-13-27;;;/h4-7,9-10,12-13,15H,8,11,14,23H2,1-3H3;3*1H. The molecule has 2 aromatic heterocycles. The Morgan fingerprint density at radius 1 is 1.15 bits per heavy atom. The molecule has 8 nitrogen and oxygen atoms in total. The summed E-state index contributed by atoms with van der Waals surface area (Å²) in [7, 11) is 3.95. The van der Waals surface area contributed by atoms with Crippen LogP contribution in [0, 0.1) is 6.92 Å². The van der Waals surface area contributed by atoms with Gasteiger partial charge < -0.3 is 40.6 Å². The molecule has 0 amide bonds. The summed E-state index contributed by atoms with van der Waals surface area (Å²) < 4.78 is 3.15. The van der Waals surface area contributed by atoms with E-state index in [0.29, 0.717) is 41.3 Å². The minimum atomic E-state index is -0.255. The van der Waals surface area contributed by atoms with E-state index in [1.807, 2.05) is 49.6 Å². The van der Waals surface area contributed by atoms with Crippen molar-refractivity contribution in [2.75, 3.05) is 26.4 Å². The predicted octanol–water partition coefficient (Wildman–Crippen LogP) is -4.40. The quantitative estimate of drug-likeness (QED) is 0.168. The van der Waals surface area contributed by atoms with Crippen LogP contribution in [-0.4, -0.2) is 35.2 Å². The van der Waals surface area contributed by atoms with Gasteiger partial charge in [0.25, 0.3) is 17.3 Å². The largest absolute Gasteiger partial charge is 1.00 e. The van der Waals surface area contributed by atoms with Crippen LogP contribution in [-0.2, 0) is 6.54 Å². The van der Waals surface area contributed by atoms with Crippen LogP contribution in [0.1, 0.15) is 12.0 Å². The molecule has 0 bridgehead atoms. The van der Waals surface area contributed by atoms with Crippen molar-refractivity contribution in [1.29, 1.82) is 0 Å². The van der Waals surface area contributed by atoms with Crippen molar-refractivity contribution in [3.05, 3.63) is 70.8 Å². The van der Waals surface area contributed by atoms with Gasteiger partial charge in [0.1, 0.15) is 11.3 Å². The van der Waals surface area contributed by atoms with E-state index in [1.165, 1.54) is 4.57 Å². The summed E-state index contributed by atoms with van der Waals surface area (Å²) in [6.45, 7) is 2.97. The molecule has 4 N–H and O–H groups in total. The van der Waals surface area contributed by atoms with Gasteiger partial charge in [-0.25, -0.2) is 0 Å². The molecule has 3 rings (SSSR count). The Morgan fingerprint density at radius 3 is 2.42 bits per heavy atom. The second-order valence-electron chi connectivity index (χ2n) is 7.39. The summed E-state index contributed by atoms with van der Waals surface area (Å²) in [5.41, 5.74) is 8.22. The van der Waals surface area contributed by atoms with Crippen LogP contribution in [0.4, 0.5) is 17.1 Å². The van der Waals surface area contributed by atoms with Crippen LogP contribution >= 0.6 is 12.4 Å². The fraction of sp³-hybridized carbons (Fsp3) is 0.273. The normalized spacial score (nSPS) is 10.4. The zero-order valence-corrected chi connectivity index (χ0v) is 21.0. The van der Waals surface area contributed by atoms with Crippen LogP contribution in [0.15, 0.2) is 64.8 Å². The summed E-state index contributed by atoms with van der Waals surface area (Å²) in [5, 5.41) is 18.2. The minimum absolute atomic E-state index is 0. The highest BCUT2D eigenvalue weighted by Gasteiger charge is 2.29. The maximum absolute atomic E-state index is 13.3. The van der Waals surface area contributed by atoms with Crippen molar-refractivity contribution in [2.45, 2.75) is 19.9 Å². The first-order valence-electron chi connectivity index (χ1n) is 9.78. The molecular weight excluding hydrogens is 487 g/mol. The Hall–Kier alpha value is -2.65. The number of benzene rings is 1. The number of pyridine rings is 2. The Bertz CT molecular complexity index is 1120. The molecule has 180 valence electrons. The van der Waals surface area contributed by atoms with E-state index in [4.69, 9.17) is 5.73 Å². The molecule has 0 spiro atoms. The minimum Gasteiger partial charge on any atom is -1.00 e. The molecule has 0 aliphatic rings. The maximum atomic E-state index is 13.3. The predicted molar refractivity (Wildman–Crippen MR) is 123 cm³/mol. The Kier molecular flexibility index (Phi) is 12.7. The number of halogens is 3. The molecule has 0 saturated heterocycles. The lowest BCUT2D eigenvalue weighted by Gasteiger charge is -2.13. The number of hydrogen-bond donors (Lipinski definition) is 3. The second-order valence-corrected chi connectivity index (χ2v) is 7.39. The number of nitrogen functional groups attached to an aromatic ring is 1. The number of rotatable bonds is 7. The molecular formula is C22H29Cl3N6O2. The third-order valence-corrected chi connectivity index (χ3v) is 4.79. The van der Waals surface area contributed by atoms with Crippen molar-refractivity contribution in [1.82, 2.24) is 9.47 Å². The first-order chi connectivity index (χ1) is 14.4. The molecule has 0 aliphatic carbocycles. The summed E-state index contributed by atoms with van der Waals surface area (Å²) in [4.78, 5) is 15.3. The lowest BCUT2D eigenvalue weighted by Crippen LogP contribution is -3.00. The molecule has 3 aromatic rings. The summed E-state index contributed by atoms with van der Waals surface area (Å²) >= 11 is 0. The fourth-order valence-electron chi connectivity index (χ4n) is 3.26. The van der Waals surface area contributed by atoms with Gasteiger partial charge in [0.05, 0.1) is 0 Å². The maximum Gasteiger partial charge on any atom is 0.326 e. The average molecular weight is 516 g/mol. The van der Waals surface area contributed by atoms with Crippen LogP contribution in [0.2, 0.25) is 0 Å². The Labute approximate surface area is 212 Å². The highest BCUT2D eigenvalue weighted by atomic mass is 35.5. The van der Waals surface area contributed by atoms with Crippen molar-refractivity contribution in [2.24, 2.45) is 5.11 Å². The fourth-order valence-corrected chi connectivity index (χ4v) is 3.26. The molecule has 0 radical (unpaired) electrons. The number of azo groups is 1. The number of nitrogens with zero attached hydrogens (tertiary/aromatic N) is 4. The molecule has 0 aliphatic heterocycles. The van der Waals surface area contributed by atoms with Gasteiger partial charge in [-0.05, 0) is 57.3 Å². The van der Waals surface area contributed by atoms with Gasteiger partial charge in [0.2, 0.25) is 0 Å². The molecule has 0 unspecified atom stereocenters. The van der Waals surface area contributed by atoms with Crippen LogP contribution < -0.4 is 45.8 Å². The highest BCUT2D eigenvalue weighted by molar-refractivity contribution is 5.85. The third kappa shape index (κ3) is 7.43. The Morgan fingerprint density at radius 2 is 1.82 bits per heavy atom. The van der Waals surface area contributed by atoms with E-state index < -0.39 is 0 Å². The van der Waals surface area contributed by atoms with Gasteiger partial charge in [-0.3, -0.25) is 9.36 Å². The zero-order valence-electron chi connectivity index (χ0n) is 18.7. The van der Waals surface area contributed by atoms with E-state index in [1.54, 1.807) is 35.8 Å². The first kappa shape index (κ1) is 30.4. The third-order valence-electron chi connectivity index (χ3n) is 4.79. The zero-order chi connectivity index (χ0) is 21.7. The Balaban J connectivity index is 0.00000341. The average Bonchev–Trinajstić information content (AvgIpc) is 2.71. The summed E-state index contributed by atoms with van der Waals surface area (Å²) in [6.07, 6.45) is 4.34. The first-order valence-corrected chi connectivity index (χ1v) is 9.78. The lowest BCUT2D eigenvalue weighted by atomic mass is 10.2. The van der Waals surface area contributed by atoms with Crippen molar-refractivity contribution >= 4 is 29.5 Å². The van der Waals surface area contributed by atoms with Gasteiger partial charge in [0, 0.05) is 24.4 Å². The number of anilines is 1. The van der Waals surface area contributed by atoms with Crippen LogP contribution in [0.5, 0.6) is 5.88 Å². The topological polar surface area (TPSA) is 102 Å². The van der Waals surface area contributed by atoms with Gasteiger partial charge in [-0.2, -0.15) is 4.57 Å². The molecule has 11 heteroatoms. The number of aromatic nitrogens is 2. The highest BCUT2D eigenvalue weighted by Crippen LogP contribution is 2.23. The number of hydrogen-bond acceptors (Lipinski definition) is 5. The van der Waals surface area contributed by atoms with E-state index in [2.05, 4.69) is 10.2 Å². The number of nitrogens with two attached hydrogens (primary N) is 1. The van der Waals surface area contributed by atoms with Crippen molar-refractivity contribution in [3.63, 3.8) is 0 Å². The number of nitrogens with one attached hydrogen (secondary N) is 1. The second kappa shape index (κ2) is 13.8. The summed E-state index contributed by atoms with van der Waals surface area (Å²) in [6, 6.07) is 12.7. The lowest BCUT2D eigenvalue weighted by molar-refractivity contribution is -0.597. The van der Waals surface area contributed by atoms with Gasteiger partial charge >= 0.3 is 5.56 Å². The van der Waals surface area contributed by atoms with Gasteiger partial charge in [0.15, 0.2) is 12.4 Å². The smallest absolute Gasteiger partial charge is 0.326 e. The van der Waals surface area contributed by atoms with Crippen molar-refractivity contribution in [3.8, 4) is 11.6 Å². The molecule has 0 atom stereocenters.